The van der Waals surface area contributed by atoms with Gasteiger partial charge in [-0.25, -0.2) is 4.68 Å². The number of hydrogen-bond acceptors (Lipinski definition) is 6. The second-order valence-corrected chi connectivity index (χ2v) is 8.67. The van der Waals surface area contributed by atoms with Crippen LogP contribution < -0.4 is 20.5 Å². The van der Waals surface area contributed by atoms with E-state index in [1.54, 1.807) is 19.1 Å². The summed E-state index contributed by atoms with van der Waals surface area (Å²) in [6.07, 6.45) is 2.31. The van der Waals surface area contributed by atoms with Crippen molar-refractivity contribution in [2.24, 2.45) is 11.7 Å². The second-order valence-electron chi connectivity index (χ2n) is 8.67. The molecule has 2 aromatic rings. The summed E-state index contributed by atoms with van der Waals surface area (Å²) in [6.45, 7) is 5.05. The van der Waals surface area contributed by atoms with Crippen molar-refractivity contribution in [3.8, 4) is 22.8 Å². The molecule has 0 bridgehead atoms. The highest BCUT2D eigenvalue weighted by Crippen LogP contribution is 2.42. The monoisotopic (exact) mass is 469 g/mol. The lowest BCUT2D eigenvalue weighted by Gasteiger charge is -2.38. The largest absolute Gasteiger partial charge is 0.496 e. The van der Waals surface area contributed by atoms with E-state index in [0.717, 1.165) is 24.8 Å². The second kappa shape index (κ2) is 9.79. The number of ether oxygens (including phenoxy) is 2. The smallest absolute Gasteiger partial charge is 0.254 e. The summed E-state index contributed by atoms with van der Waals surface area (Å²) in [5, 5.41) is 8.20. The molecular formula is C25H33N5O4. The van der Waals surface area contributed by atoms with E-state index in [-0.39, 0.29) is 24.1 Å². The number of hydrogen-bond donors (Lipinski definition) is 2. The molecule has 182 valence electrons. The van der Waals surface area contributed by atoms with Crippen molar-refractivity contribution in [2.45, 2.75) is 39.2 Å². The fourth-order valence-corrected chi connectivity index (χ4v) is 5.07. The van der Waals surface area contributed by atoms with Gasteiger partial charge in [-0.1, -0.05) is 6.05 Å². The number of nitrogens with two attached hydrogens (primary N) is 1. The Kier molecular flexibility index (Phi) is 6.06. The number of primary amides is 1. The van der Waals surface area contributed by atoms with Gasteiger partial charge in [-0.05, 0) is 57.2 Å². The van der Waals surface area contributed by atoms with Gasteiger partial charge in [-0.3, -0.25) is 9.59 Å². The van der Waals surface area contributed by atoms with Crippen molar-refractivity contribution < 1.29 is 21.8 Å². The zero-order chi connectivity index (χ0) is 26.1. The topological polar surface area (TPSA) is 112 Å². The van der Waals surface area contributed by atoms with Gasteiger partial charge in [0.1, 0.15) is 28.6 Å². The van der Waals surface area contributed by atoms with Crippen molar-refractivity contribution in [1.29, 1.82) is 0 Å². The van der Waals surface area contributed by atoms with Gasteiger partial charge in [0.05, 0.1) is 23.0 Å². The van der Waals surface area contributed by atoms with Crippen LogP contribution in [0.25, 0.3) is 11.3 Å². The molecule has 3 N–H and O–H groups in total. The maximum Gasteiger partial charge on any atom is 0.254 e. The van der Waals surface area contributed by atoms with E-state index in [2.05, 4.69) is 5.32 Å². The number of nitrogens with zero attached hydrogens (tertiary/aromatic N) is 3. The minimum Gasteiger partial charge on any atom is -0.496 e. The Morgan fingerprint density at radius 1 is 1.21 bits per heavy atom. The molecule has 2 amide bonds. The number of nitrogens with one attached hydrogen (secondary N) is 1. The molecule has 0 spiro atoms. The van der Waals surface area contributed by atoms with E-state index in [1.807, 2.05) is 23.7 Å². The summed E-state index contributed by atoms with van der Waals surface area (Å²) in [4.78, 5) is 26.7. The quantitative estimate of drug-likeness (QED) is 0.629. The van der Waals surface area contributed by atoms with Crippen LogP contribution in [-0.2, 0) is 4.79 Å². The zero-order valence-corrected chi connectivity index (χ0v) is 20.1. The molecule has 1 fully saturated rings. The number of fused-ring (bicyclic) bond motifs is 1. The third-order valence-corrected chi connectivity index (χ3v) is 6.83. The molecule has 1 unspecified atom stereocenters. The Morgan fingerprint density at radius 2 is 1.85 bits per heavy atom. The van der Waals surface area contributed by atoms with Crippen LogP contribution in [0.1, 0.15) is 50.9 Å². The van der Waals surface area contributed by atoms with Gasteiger partial charge >= 0.3 is 0 Å². The molecule has 9 heteroatoms. The molecule has 2 aliphatic heterocycles. The van der Waals surface area contributed by atoms with Crippen molar-refractivity contribution in [2.75, 3.05) is 39.2 Å². The van der Waals surface area contributed by atoms with E-state index >= 15 is 0 Å². The van der Waals surface area contributed by atoms with Crippen LogP contribution >= 0.6 is 0 Å². The molecule has 9 nitrogen and oxygen atoms in total. The van der Waals surface area contributed by atoms with E-state index in [1.165, 1.54) is 6.92 Å². The number of likely N-dealkylation sites (tertiary alicyclic amines) is 1. The maximum atomic E-state index is 12.6. The van der Waals surface area contributed by atoms with Gasteiger partial charge in [-0.2, -0.15) is 5.10 Å². The van der Waals surface area contributed by atoms with Gasteiger partial charge in [0.25, 0.3) is 5.91 Å². The molecule has 3 heterocycles. The number of carbonyl (C=O) groups excluding carboxylic acids is 2. The van der Waals surface area contributed by atoms with Crippen LogP contribution in [-0.4, -0.2) is 60.3 Å². The van der Waals surface area contributed by atoms with E-state index < -0.39 is 11.8 Å². The molecule has 1 atom stereocenters. The van der Waals surface area contributed by atoms with Crippen molar-refractivity contribution in [1.82, 2.24) is 14.7 Å². The lowest BCUT2D eigenvalue weighted by atomic mass is 9.87. The number of carbonyl (C=O) groups is 2. The van der Waals surface area contributed by atoms with Crippen molar-refractivity contribution in [3.05, 3.63) is 35.4 Å². The van der Waals surface area contributed by atoms with Crippen LogP contribution in [0.2, 0.25) is 0 Å². The highest BCUT2D eigenvalue weighted by molar-refractivity contribution is 6.04. The highest BCUT2D eigenvalue weighted by Gasteiger charge is 2.36. The number of methoxy groups -OCH3 is 2. The Hall–Kier alpha value is -3.49. The summed E-state index contributed by atoms with van der Waals surface area (Å²) in [6, 6.07) is 3.40. The Labute approximate surface area is 202 Å². The molecular weight excluding hydrogens is 434 g/mol. The van der Waals surface area contributed by atoms with Gasteiger partial charge in [0, 0.05) is 30.8 Å². The molecule has 34 heavy (non-hydrogen) atoms. The van der Waals surface area contributed by atoms with Gasteiger partial charge in [-0.15, -0.1) is 0 Å². The Morgan fingerprint density at radius 3 is 2.41 bits per heavy atom. The number of piperidine rings is 1. The fraction of sp³-hybridized carbons (Fsp3) is 0.480. The average Bonchev–Trinajstić information content (AvgIpc) is 3.28. The predicted octanol–water partition coefficient (Wildman–Crippen LogP) is 3.15. The first kappa shape index (κ1) is 21.1. The molecule has 4 rings (SSSR count). The molecule has 1 aromatic carbocycles. The summed E-state index contributed by atoms with van der Waals surface area (Å²) < 4.78 is 28.3. The number of amides is 2. The summed E-state index contributed by atoms with van der Waals surface area (Å²) in [5.74, 6) is 1.12. The molecule has 1 saturated heterocycles. The lowest BCUT2D eigenvalue weighted by molar-refractivity contribution is -0.127. The molecule has 0 aliphatic carbocycles. The highest BCUT2D eigenvalue weighted by atomic mass is 16.5. The first-order valence-corrected chi connectivity index (χ1v) is 11.5. The van der Waals surface area contributed by atoms with Crippen LogP contribution in [0.5, 0.6) is 11.5 Å². The normalized spacial score (nSPS) is 19.9. The third kappa shape index (κ3) is 4.22. The average molecular weight is 470 g/mol. The standard InChI is InChI=1S/C25H33N5O4/c1-5-6-21(31)29-11-8-16(9-12-29)18-7-10-27-25-22(24(26)32)23(28-30(18)25)17-13-19(33-3)15(2)20(14-17)34-4/h5-6,13-14,16,18,27H,7-12H2,1-4H3,(H2,26,32)/b6-5-/i5D,6D. The first-order chi connectivity index (χ1) is 17.2. The summed E-state index contributed by atoms with van der Waals surface area (Å²) in [7, 11) is 3.16. The number of benzene rings is 1. The zero-order valence-electron chi connectivity index (χ0n) is 22.1. The lowest BCUT2D eigenvalue weighted by Crippen LogP contribution is -2.41. The van der Waals surface area contributed by atoms with E-state index in [9.17, 15) is 9.59 Å². The van der Waals surface area contributed by atoms with Gasteiger partial charge in [0.2, 0.25) is 5.91 Å². The van der Waals surface area contributed by atoms with Crippen LogP contribution in [0, 0.1) is 12.8 Å². The van der Waals surface area contributed by atoms with Crippen molar-refractivity contribution in [3.63, 3.8) is 0 Å². The number of aromatic nitrogens is 2. The minimum absolute atomic E-state index is 0.0301. The third-order valence-electron chi connectivity index (χ3n) is 6.83. The SMILES string of the molecule is [2H]/C(C)=C(\[2H])C(=O)N1CCC(C2CCNc3c(C(N)=O)c(-c4cc(OC)c(C)c(OC)c4)nn32)CC1. The molecule has 0 radical (unpaired) electrons. The number of rotatable bonds is 6. The minimum atomic E-state index is -0.571. The van der Waals surface area contributed by atoms with E-state index in [0.29, 0.717) is 53.8 Å². The predicted molar refractivity (Wildman–Crippen MR) is 130 cm³/mol. The summed E-state index contributed by atoms with van der Waals surface area (Å²) >= 11 is 0. The maximum absolute atomic E-state index is 12.6. The van der Waals surface area contributed by atoms with Crippen LogP contribution in [0.4, 0.5) is 5.82 Å². The van der Waals surface area contributed by atoms with Crippen LogP contribution in [0.3, 0.4) is 0 Å². The van der Waals surface area contributed by atoms with Gasteiger partial charge < -0.3 is 25.4 Å². The fourth-order valence-electron chi connectivity index (χ4n) is 5.07. The molecule has 1 aromatic heterocycles. The van der Waals surface area contributed by atoms with Crippen LogP contribution in [0.15, 0.2) is 24.2 Å². The summed E-state index contributed by atoms with van der Waals surface area (Å²) in [5.41, 5.74) is 8.16. The number of allylic oxidation sites excluding steroid dienone is 1. The molecule has 0 saturated carbocycles. The van der Waals surface area contributed by atoms with E-state index in [4.69, 9.17) is 23.0 Å². The van der Waals surface area contributed by atoms with Crippen molar-refractivity contribution >= 4 is 17.6 Å². The number of anilines is 1. The Bertz CT molecular complexity index is 1190. The molecule has 2 aliphatic rings. The first-order valence-electron chi connectivity index (χ1n) is 12.5. The van der Waals surface area contributed by atoms with Gasteiger partial charge in [0.15, 0.2) is 0 Å². The Balaban J connectivity index is 1.67.